The summed E-state index contributed by atoms with van der Waals surface area (Å²) in [6.07, 6.45) is 10.2. The molecule has 0 aromatic heterocycles. The van der Waals surface area contributed by atoms with Gasteiger partial charge in [-0.3, -0.25) is 4.79 Å². The van der Waals surface area contributed by atoms with Crippen LogP contribution in [0.3, 0.4) is 0 Å². The van der Waals surface area contributed by atoms with Crippen LogP contribution in [-0.4, -0.2) is 5.97 Å². The van der Waals surface area contributed by atoms with Crippen LogP contribution in [0.2, 0.25) is 0 Å². The molecule has 2 nitrogen and oxygen atoms in total. The van der Waals surface area contributed by atoms with E-state index in [0.717, 1.165) is 31.2 Å². The number of hydrogen-bond acceptors (Lipinski definition) is 2. The van der Waals surface area contributed by atoms with Gasteiger partial charge in [-0.25, -0.2) is 0 Å². The molecular weight excluding hydrogens is 344 g/mol. The van der Waals surface area contributed by atoms with E-state index in [2.05, 4.69) is 62.4 Å². The van der Waals surface area contributed by atoms with Crippen molar-refractivity contribution in [2.75, 3.05) is 0 Å². The average Bonchev–Trinajstić information content (AvgIpc) is 3.11. The molecular formula is C26H34O2. The molecule has 2 unspecified atom stereocenters. The van der Waals surface area contributed by atoms with Crippen LogP contribution in [0.25, 0.3) is 11.1 Å². The molecule has 1 saturated heterocycles. The van der Waals surface area contributed by atoms with Crippen molar-refractivity contribution in [3.8, 4) is 11.1 Å². The van der Waals surface area contributed by atoms with Crippen LogP contribution in [0.5, 0.6) is 0 Å². The molecule has 0 spiro atoms. The summed E-state index contributed by atoms with van der Waals surface area (Å²) in [7, 11) is 0. The van der Waals surface area contributed by atoms with Gasteiger partial charge in [-0.15, -0.1) is 0 Å². The third kappa shape index (κ3) is 5.47. The van der Waals surface area contributed by atoms with Crippen molar-refractivity contribution >= 4 is 5.97 Å². The second kappa shape index (κ2) is 10.5. The summed E-state index contributed by atoms with van der Waals surface area (Å²) in [5.41, 5.74) is 4.98. The largest absolute Gasteiger partial charge is 0.457 e. The van der Waals surface area contributed by atoms with Crippen molar-refractivity contribution < 1.29 is 9.53 Å². The van der Waals surface area contributed by atoms with Gasteiger partial charge in [0.2, 0.25) is 0 Å². The van der Waals surface area contributed by atoms with Crippen LogP contribution < -0.4 is 0 Å². The van der Waals surface area contributed by atoms with Gasteiger partial charge in [0.15, 0.2) is 0 Å². The Balaban J connectivity index is 1.57. The first kappa shape index (κ1) is 20.6. The normalized spacial score (nSPS) is 19.0. The van der Waals surface area contributed by atoms with Crippen LogP contribution in [0.4, 0.5) is 0 Å². The number of ether oxygens (including phenoxy) is 1. The molecule has 28 heavy (non-hydrogen) atoms. The highest BCUT2D eigenvalue weighted by Crippen LogP contribution is 2.36. The minimum atomic E-state index is -0.0749. The molecule has 1 aliphatic rings. The molecule has 2 aromatic carbocycles. The van der Waals surface area contributed by atoms with E-state index in [9.17, 15) is 4.79 Å². The zero-order chi connectivity index (χ0) is 19.8. The Labute approximate surface area is 170 Å². The van der Waals surface area contributed by atoms with Gasteiger partial charge in [0.1, 0.15) is 6.10 Å². The van der Waals surface area contributed by atoms with Crippen LogP contribution >= 0.6 is 0 Å². The molecule has 1 fully saturated rings. The Morgan fingerprint density at radius 2 is 1.46 bits per heavy atom. The van der Waals surface area contributed by atoms with Crippen molar-refractivity contribution in [2.45, 2.75) is 77.7 Å². The van der Waals surface area contributed by atoms with E-state index in [1.54, 1.807) is 0 Å². The predicted molar refractivity (Wildman–Crippen MR) is 116 cm³/mol. The maximum Gasteiger partial charge on any atom is 0.309 e. The van der Waals surface area contributed by atoms with Crippen molar-refractivity contribution in [3.63, 3.8) is 0 Å². The van der Waals surface area contributed by atoms with E-state index in [4.69, 9.17) is 4.74 Å². The summed E-state index contributed by atoms with van der Waals surface area (Å²) in [5, 5.41) is 0. The van der Waals surface area contributed by atoms with Gasteiger partial charge < -0.3 is 4.74 Å². The molecule has 0 amide bonds. The second-order valence-corrected chi connectivity index (χ2v) is 8.13. The van der Waals surface area contributed by atoms with Gasteiger partial charge in [0, 0.05) is 6.42 Å². The van der Waals surface area contributed by atoms with Crippen LogP contribution in [0, 0.1) is 5.92 Å². The van der Waals surface area contributed by atoms with E-state index in [1.165, 1.54) is 48.8 Å². The topological polar surface area (TPSA) is 26.3 Å². The van der Waals surface area contributed by atoms with Gasteiger partial charge >= 0.3 is 5.97 Å². The van der Waals surface area contributed by atoms with E-state index in [0.29, 0.717) is 0 Å². The number of carbonyl (C=O) groups is 1. The molecule has 0 N–H and O–H groups in total. The molecule has 1 heterocycles. The van der Waals surface area contributed by atoms with Crippen molar-refractivity contribution in [1.29, 1.82) is 0 Å². The lowest BCUT2D eigenvalue weighted by atomic mass is 9.94. The summed E-state index contributed by atoms with van der Waals surface area (Å²) >= 11 is 0. The molecule has 0 aliphatic carbocycles. The van der Waals surface area contributed by atoms with E-state index in [-0.39, 0.29) is 18.0 Å². The van der Waals surface area contributed by atoms with Crippen molar-refractivity contribution in [3.05, 3.63) is 59.7 Å². The Kier molecular flexibility index (Phi) is 7.71. The van der Waals surface area contributed by atoms with Gasteiger partial charge in [-0.05, 0) is 41.5 Å². The number of cyclic esters (lactones) is 1. The highest BCUT2D eigenvalue weighted by atomic mass is 16.5. The third-order valence-corrected chi connectivity index (χ3v) is 5.89. The molecule has 1 aliphatic heterocycles. The summed E-state index contributed by atoms with van der Waals surface area (Å²) in [6, 6.07) is 17.4. The van der Waals surface area contributed by atoms with E-state index < -0.39 is 0 Å². The number of carbonyl (C=O) groups excluding carboxylic acids is 1. The predicted octanol–water partition coefficient (Wildman–Crippen LogP) is 7.27. The monoisotopic (exact) mass is 378 g/mol. The Morgan fingerprint density at radius 3 is 2.11 bits per heavy atom. The fraction of sp³-hybridized carbons (Fsp3) is 0.500. The fourth-order valence-electron chi connectivity index (χ4n) is 4.03. The standard InChI is InChI=1S/C26H34O2/c1-3-5-7-8-10-24-19-25(28-26(24)27)23-17-15-22(16-18-23)21-13-11-20(12-14-21)9-6-4-2/h11-18,24-25H,3-10,19H2,1-2H3. The SMILES string of the molecule is CCCCCCC1CC(c2ccc(-c3ccc(CCCC)cc3)cc2)OC1=O. The first-order valence-electron chi connectivity index (χ1n) is 11.1. The third-order valence-electron chi connectivity index (χ3n) is 5.89. The smallest absolute Gasteiger partial charge is 0.309 e. The number of benzene rings is 2. The lowest BCUT2D eigenvalue weighted by Crippen LogP contribution is -2.06. The van der Waals surface area contributed by atoms with E-state index in [1.807, 2.05) is 0 Å². The summed E-state index contributed by atoms with van der Waals surface area (Å²) in [6.45, 7) is 4.44. The summed E-state index contributed by atoms with van der Waals surface area (Å²) in [4.78, 5) is 12.2. The van der Waals surface area contributed by atoms with Gasteiger partial charge in [0.05, 0.1) is 5.92 Å². The number of hydrogen-bond donors (Lipinski definition) is 0. The molecule has 0 bridgehead atoms. The molecule has 150 valence electrons. The van der Waals surface area contributed by atoms with Crippen LogP contribution in [-0.2, 0) is 16.0 Å². The number of esters is 1. The Morgan fingerprint density at radius 1 is 0.821 bits per heavy atom. The summed E-state index contributed by atoms with van der Waals surface area (Å²) in [5.74, 6) is 0.0745. The lowest BCUT2D eigenvalue weighted by molar-refractivity contribution is -0.144. The first-order valence-corrected chi connectivity index (χ1v) is 11.1. The zero-order valence-electron chi connectivity index (χ0n) is 17.5. The molecule has 0 saturated carbocycles. The Hall–Kier alpha value is -2.09. The van der Waals surface area contributed by atoms with Gasteiger partial charge in [0.25, 0.3) is 0 Å². The van der Waals surface area contributed by atoms with Crippen molar-refractivity contribution in [2.24, 2.45) is 5.92 Å². The molecule has 3 rings (SSSR count). The summed E-state index contributed by atoms with van der Waals surface area (Å²) < 4.78 is 5.68. The number of unbranched alkanes of at least 4 members (excludes halogenated alkanes) is 4. The lowest BCUT2D eigenvalue weighted by Gasteiger charge is -2.11. The minimum Gasteiger partial charge on any atom is -0.457 e. The molecule has 2 atom stereocenters. The van der Waals surface area contributed by atoms with Crippen LogP contribution in [0.1, 0.15) is 82.4 Å². The Bertz CT molecular complexity index is 730. The van der Waals surface area contributed by atoms with Gasteiger partial charge in [-0.2, -0.15) is 0 Å². The maximum atomic E-state index is 12.2. The fourth-order valence-corrected chi connectivity index (χ4v) is 4.03. The second-order valence-electron chi connectivity index (χ2n) is 8.13. The minimum absolute atomic E-state index is 0.00626. The molecule has 2 aromatic rings. The zero-order valence-corrected chi connectivity index (χ0v) is 17.5. The molecule has 0 radical (unpaired) electrons. The first-order chi connectivity index (χ1) is 13.7. The quantitative estimate of drug-likeness (QED) is 0.321. The van der Waals surface area contributed by atoms with Crippen LogP contribution in [0.15, 0.2) is 48.5 Å². The maximum absolute atomic E-state index is 12.2. The van der Waals surface area contributed by atoms with E-state index >= 15 is 0 Å². The molecule has 2 heteroatoms. The highest BCUT2D eigenvalue weighted by molar-refractivity contribution is 5.75. The van der Waals surface area contributed by atoms with Crippen molar-refractivity contribution in [1.82, 2.24) is 0 Å². The number of aryl methyl sites for hydroxylation is 1. The number of rotatable bonds is 10. The van der Waals surface area contributed by atoms with Gasteiger partial charge in [-0.1, -0.05) is 94.5 Å². The average molecular weight is 379 g/mol. The highest BCUT2D eigenvalue weighted by Gasteiger charge is 2.34.